The van der Waals surface area contributed by atoms with Crippen LogP contribution in [0.25, 0.3) is 0 Å². The van der Waals surface area contributed by atoms with E-state index in [9.17, 15) is 14.4 Å². The molecule has 2 aliphatic carbocycles. The van der Waals surface area contributed by atoms with Crippen molar-refractivity contribution in [1.29, 1.82) is 0 Å². The predicted octanol–water partition coefficient (Wildman–Crippen LogP) is 4.83. The van der Waals surface area contributed by atoms with Gasteiger partial charge in [-0.3, -0.25) is 9.59 Å². The van der Waals surface area contributed by atoms with Crippen molar-refractivity contribution < 1.29 is 14.4 Å². The molecule has 2 unspecified atom stereocenters. The van der Waals surface area contributed by atoms with E-state index >= 15 is 0 Å². The highest BCUT2D eigenvalue weighted by Gasteiger charge is 2.40. The van der Waals surface area contributed by atoms with Crippen LogP contribution in [0.1, 0.15) is 83.1 Å². The maximum absolute atomic E-state index is 14.1. The number of hydrogen-bond donors (Lipinski definition) is 2. The number of likely N-dealkylation sites (tertiary alicyclic amines) is 1. The fourth-order valence-corrected chi connectivity index (χ4v) is 7.43. The first kappa shape index (κ1) is 31.6. The molecule has 3 aliphatic rings. The van der Waals surface area contributed by atoms with Gasteiger partial charge in [-0.25, -0.2) is 4.79 Å². The third-order valence-electron chi connectivity index (χ3n) is 9.53. The highest BCUT2D eigenvalue weighted by molar-refractivity contribution is 6.30. The molecule has 2 saturated carbocycles. The van der Waals surface area contributed by atoms with Crippen LogP contribution in [-0.4, -0.2) is 83.9 Å². The molecule has 3 atom stereocenters. The summed E-state index contributed by atoms with van der Waals surface area (Å²) in [6.45, 7) is 3.50. The van der Waals surface area contributed by atoms with Gasteiger partial charge in [-0.15, -0.1) is 0 Å². The minimum Gasteiger partial charge on any atom is -0.370 e. The molecule has 0 bridgehead atoms. The number of primary amides is 1. The largest absolute Gasteiger partial charge is 0.370 e. The number of nitrogens with one attached hydrogen (secondary N) is 1. The molecular formula is C32H50ClN5O3. The smallest absolute Gasteiger partial charge is 0.319 e. The van der Waals surface area contributed by atoms with E-state index in [0.29, 0.717) is 36.9 Å². The molecule has 4 rings (SSSR count). The van der Waals surface area contributed by atoms with Crippen molar-refractivity contribution in [3.05, 3.63) is 34.9 Å². The number of carbonyl (C=O) groups is 3. The number of nitrogens with two attached hydrogens (primary N) is 1. The SMILES string of the molecule is CC1CN(C(=O)[C@@H](Cc2ccc(Cl)cc2)NC2CCC(CC(N)=O)CC2)CCC1N(C(=O)N(C)C)C1CCCCC1. The summed E-state index contributed by atoms with van der Waals surface area (Å²) in [5.41, 5.74) is 6.51. The van der Waals surface area contributed by atoms with Gasteiger partial charge in [0.25, 0.3) is 0 Å². The molecule has 0 spiro atoms. The molecule has 228 valence electrons. The summed E-state index contributed by atoms with van der Waals surface area (Å²) < 4.78 is 0. The van der Waals surface area contributed by atoms with E-state index in [2.05, 4.69) is 17.1 Å². The van der Waals surface area contributed by atoms with Crippen LogP contribution in [0.3, 0.4) is 0 Å². The maximum atomic E-state index is 14.1. The van der Waals surface area contributed by atoms with Crippen molar-refractivity contribution >= 4 is 29.4 Å². The number of carbonyl (C=O) groups excluding carboxylic acids is 3. The van der Waals surface area contributed by atoms with Gasteiger partial charge in [-0.05, 0) is 80.9 Å². The van der Waals surface area contributed by atoms with Crippen LogP contribution >= 0.6 is 11.6 Å². The van der Waals surface area contributed by atoms with Crippen molar-refractivity contribution in [1.82, 2.24) is 20.0 Å². The standard InChI is InChI=1S/C32H50ClN5O3/c1-22-21-37(18-17-29(22)38(32(41)36(2)3)27-7-5-4-6-8-27)31(40)28(19-23-9-13-25(33)14-10-23)35-26-15-11-24(12-16-26)20-30(34)39/h9-10,13-14,22,24,26-29,35H,4-8,11-12,15-21H2,1-3H3,(H2,34,39)/t22?,24?,26?,28-,29?/m1/s1. The Morgan fingerprint density at radius 3 is 2.24 bits per heavy atom. The van der Waals surface area contributed by atoms with Crippen molar-refractivity contribution in [3.63, 3.8) is 0 Å². The van der Waals surface area contributed by atoms with Crippen LogP contribution < -0.4 is 11.1 Å². The molecule has 8 nitrogen and oxygen atoms in total. The molecule has 41 heavy (non-hydrogen) atoms. The predicted molar refractivity (Wildman–Crippen MR) is 164 cm³/mol. The topological polar surface area (TPSA) is 99.0 Å². The first-order valence-electron chi connectivity index (χ1n) is 15.7. The van der Waals surface area contributed by atoms with E-state index in [1.807, 2.05) is 43.3 Å². The summed E-state index contributed by atoms with van der Waals surface area (Å²) >= 11 is 6.14. The molecule has 1 aromatic carbocycles. The van der Waals surface area contributed by atoms with Crippen LogP contribution in [0.5, 0.6) is 0 Å². The second-order valence-corrected chi connectivity index (χ2v) is 13.4. The third-order valence-corrected chi connectivity index (χ3v) is 9.78. The fraction of sp³-hybridized carbons (Fsp3) is 0.719. The number of amides is 4. The Balaban J connectivity index is 1.44. The summed E-state index contributed by atoms with van der Waals surface area (Å²) in [4.78, 5) is 44.8. The molecule has 1 saturated heterocycles. The monoisotopic (exact) mass is 587 g/mol. The van der Waals surface area contributed by atoms with Crippen LogP contribution in [0, 0.1) is 11.8 Å². The lowest BCUT2D eigenvalue weighted by Crippen LogP contribution is -2.60. The summed E-state index contributed by atoms with van der Waals surface area (Å²) in [7, 11) is 3.69. The second-order valence-electron chi connectivity index (χ2n) is 12.9. The van der Waals surface area contributed by atoms with E-state index in [1.54, 1.807) is 4.90 Å². The summed E-state index contributed by atoms with van der Waals surface area (Å²) in [6.07, 6.45) is 11.3. The second kappa shape index (κ2) is 14.7. The van der Waals surface area contributed by atoms with Crippen LogP contribution in [0.2, 0.25) is 5.02 Å². The minimum absolute atomic E-state index is 0.0998. The Labute approximate surface area is 251 Å². The Kier molecular flexibility index (Phi) is 11.4. The highest BCUT2D eigenvalue weighted by Crippen LogP contribution is 2.32. The number of nitrogens with zero attached hydrogens (tertiary/aromatic N) is 3. The zero-order valence-electron chi connectivity index (χ0n) is 25.2. The fourth-order valence-electron chi connectivity index (χ4n) is 7.30. The molecule has 1 aliphatic heterocycles. The quantitative estimate of drug-likeness (QED) is 0.432. The van der Waals surface area contributed by atoms with Crippen molar-refractivity contribution in [2.45, 2.75) is 108 Å². The van der Waals surface area contributed by atoms with Crippen molar-refractivity contribution in [2.24, 2.45) is 17.6 Å². The van der Waals surface area contributed by atoms with Gasteiger partial charge in [0.2, 0.25) is 11.8 Å². The Morgan fingerprint density at radius 2 is 1.66 bits per heavy atom. The number of piperidine rings is 1. The van der Waals surface area contributed by atoms with E-state index in [4.69, 9.17) is 17.3 Å². The van der Waals surface area contributed by atoms with Crippen LogP contribution in [0.15, 0.2) is 24.3 Å². The third kappa shape index (κ3) is 8.60. The Hall–Kier alpha value is -2.32. The molecule has 3 N–H and O–H groups in total. The van der Waals surface area contributed by atoms with Gasteiger partial charge >= 0.3 is 6.03 Å². The zero-order valence-corrected chi connectivity index (χ0v) is 26.0. The van der Waals surface area contributed by atoms with Crippen LogP contribution in [0.4, 0.5) is 4.79 Å². The molecule has 4 amide bonds. The molecule has 0 aromatic heterocycles. The number of rotatable bonds is 9. The van der Waals surface area contributed by atoms with E-state index in [-0.39, 0.29) is 47.9 Å². The summed E-state index contributed by atoms with van der Waals surface area (Å²) in [5, 5.41) is 4.40. The van der Waals surface area contributed by atoms with Crippen molar-refractivity contribution in [2.75, 3.05) is 27.2 Å². The van der Waals surface area contributed by atoms with Gasteiger partial charge in [0.05, 0.1) is 6.04 Å². The van der Waals surface area contributed by atoms with Gasteiger partial charge < -0.3 is 25.8 Å². The zero-order chi connectivity index (χ0) is 29.5. The molecular weight excluding hydrogens is 538 g/mol. The molecule has 1 heterocycles. The first-order valence-corrected chi connectivity index (χ1v) is 16.1. The molecule has 0 radical (unpaired) electrons. The molecule has 1 aromatic rings. The van der Waals surface area contributed by atoms with E-state index < -0.39 is 0 Å². The number of halogens is 1. The summed E-state index contributed by atoms with van der Waals surface area (Å²) in [6, 6.07) is 8.17. The molecule has 9 heteroatoms. The highest BCUT2D eigenvalue weighted by atomic mass is 35.5. The Bertz CT molecular complexity index is 1020. The summed E-state index contributed by atoms with van der Waals surface area (Å²) in [5.74, 6) is 0.434. The lowest BCUT2D eigenvalue weighted by atomic mass is 9.83. The lowest BCUT2D eigenvalue weighted by molar-refractivity contribution is -0.136. The van der Waals surface area contributed by atoms with Crippen LogP contribution in [-0.2, 0) is 16.0 Å². The maximum Gasteiger partial charge on any atom is 0.319 e. The first-order chi connectivity index (χ1) is 19.6. The van der Waals surface area contributed by atoms with Gasteiger partial charge in [0, 0.05) is 56.8 Å². The van der Waals surface area contributed by atoms with E-state index in [0.717, 1.165) is 50.5 Å². The number of hydrogen-bond acceptors (Lipinski definition) is 4. The molecule has 3 fully saturated rings. The van der Waals surface area contributed by atoms with Gasteiger partial charge in [-0.2, -0.15) is 0 Å². The normalized spacial score (nSPS) is 26.3. The van der Waals surface area contributed by atoms with Gasteiger partial charge in [0.1, 0.15) is 0 Å². The number of urea groups is 1. The Morgan fingerprint density at radius 1 is 1.00 bits per heavy atom. The average Bonchev–Trinajstić information content (AvgIpc) is 2.95. The average molecular weight is 588 g/mol. The van der Waals surface area contributed by atoms with Gasteiger partial charge in [-0.1, -0.05) is 49.9 Å². The van der Waals surface area contributed by atoms with Gasteiger partial charge in [0.15, 0.2) is 0 Å². The van der Waals surface area contributed by atoms with Crippen molar-refractivity contribution in [3.8, 4) is 0 Å². The lowest BCUT2D eigenvalue weighted by Gasteiger charge is -2.48. The number of benzene rings is 1. The van der Waals surface area contributed by atoms with E-state index in [1.165, 1.54) is 19.3 Å². The minimum atomic E-state index is -0.338.